The lowest BCUT2D eigenvalue weighted by atomic mass is 9.97. The molecule has 3 N–H and O–H groups in total. The van der Waals surface area contributed by atoms with Crippen molar-refractivity contribution in [3.8, 4) is 5.75 Å². The summed E-state index contributed by atoms with van der Waals surface area (Å²) in [5.41, 5.74) is 8.28. The monoisotopic (exact) mass is 421 g/mol. The first-order chi connectivity index (χ1) is 15.0. The van der Waals surface area contributed by atoms with E-state index >= 15 is 0 Å². The minimum Gasteiger partial charge on any atom is -0.494 e. The van der Waals surface area contributed by atoms with E-state index in [9.17, 15) is 9.59 Å². The molecule has 2 aromatic rings. The van der Waals surface area contributed by atoms with Crippen LogP contribution in [0.2, 0.25) is 0 Å². The number of nitrogens with one attached hydrogen (secondary N) is 1. The summed E-state index contributed by atoms with van der Waals surface area (Å²) in [5.74, 6) is 0.383. The van der Waals surface area contributed by atoms with Crippen LogP contribution in [-0.4, -0.2) is 36.4 Å². The van der Waals surface area contributed by atoms with Gasteiger partial charge in [0.1, 0.15) is 5.75 Å². The van der Waals surface area contributed by atoms with Crippen molar-refractivity contribution in [3.63, 3.8) is 0 Å². The van der Waals surface area contributed by atoms with Crippen molar-refractivity contribution in [2.75, 3.05) is 25.0 Å². The van der Waals surface area contributed by atoms with Crippen LogP contribution in [0.3, 0.4) is 0 Å². The Morgan fingerprint density at radius 1 is 1.16 bits per heavy atom. The number of carbonyl (C=O) groups is 2. The zero-order valence-corrected chi connectivity index (χ0v) is 18.0. The Morgan fingerprint density at radius 2 is 1.90 bits per heavy atom. The zero-order chi connectivity index (χ0) is 22.1. The summed E-state index contributed by atoms with van der Waals surface area (Å²) in [4.78, 5) is 25.9. The largest absolute Gasteiger partial charge is 0.494 e. The molecule has 0 radical (unpaired) electrons. The molecule has 6 heteroatoms. The lowest BCUT2D eigenvalue weighted by Gasteiger charge is -2.31. The molecule has 1 unspecified atom stereocenters. The smallest absolute Gasteiger partial charge is 0.248 e. The molecular weight excluding hydrogens is 390 g/mol. The molecular formula is C25H31N3O3. The molecule has 1 saturated heterocycles. The maximum Gasteiger partial charge on any atom is 0.248 e. The van der Waals surface area contributed by atoms with Crippen LogP contribution in [0.1, 0.15) is 37.3 Å². The number of primary amides is 1. The summed E-state index contributed by atoms with van der Waals surface area (Å²) in [5, 5.41) is 2.88. The molecule has 164 valence electrons. The third-order valence-corrected chi connectivity index (χ3v) is 5.32. The predicted molar refractivity (Wildman–Crippen MR) is 124 cm³/mol. The van der Waals surface area contributed by atoms with Crippen molar-refractivity contribution in [2.24, 2.45) is 11.7 Å². The number of nitrogens with zero attached hydrogens (tertiary/aromatic N) is 1. The van der Waals surface area contributed by atoms with Crippen LogP contribution < -0.4 is 15.8 Å². The van der Waals surface area contributed by atoms with Gasteiger partial charge in [-0.15, -0.1) is 0 Å². The molecule has 0 bridgehead atoms. The number of amides is 2. The Morgan fingerprint density at radius 3 is 2.58 bits per heavy atom. The minimum atomic E-state index is -0.211. The number of hydrogen-bond donors (Lipinski definition) is 2. The quantitative estimate of drug-likeness (QED) is 0.603. The van der Waals surface area contributed by atoms with Gasteiger partial charge in [0.25, 0.3) is 0 Å². The normalized spacial score (nSPS) is 16.9. The number of piperidine rings is 1. The number of likely N-dealkylation sites (tertiary alicyclic amines) is 1. The van der Waals surface area contributed by atoms with E-state index in [1.165, 1.54) is 6.08 Å². The first kappa shape index (κ1) is 22.6. The number of ether oxygens (including phenoxy) is 1. The molecule has 6 nitrogen and oxygen atoms in total. The highest BCUT2D eigenvalue weighted by molar-refractivity contribution is 6.01. The van der Waals surface area contributed by atoms with Gasteiger partial charge in [0.2, 0.25) is 11.8 Å². The molecule has 1 heterocycles. The fourth-order valence-electron chi connectivity index (χ4n) is 3.63. The SMILES string of the molecule is CCCOc1ccc(/C=C/C(=O)Nc2ccc(CN3CCCC(C(N)=O)C3)cc2)cc1. The Hall–Kier alpha value is -3.12. The van der Waals surface area contributed by atoms with Crippen LogP contribution in [0.4, 0.5) is 5.69 Å². The van der Waals surface area contributed by atoms with E-state index < -0.39 is 0 Å². The van der Waals surface area contributed by atoms with Gasteiger partial charge in [-0.2, -0.15) is 0 Å². The number of nitrogens with two attached hydrogens (primary N) is 1. The second kappa shape index (κ2) is 11.3. The van der Waals surface area contributed by atoms with E-state index in [4.69, 9.17) is 10.5 Å². The maximum atomic E-state index is 12.2. The molecule has 1 aliphatic heterocycles. The fourth-order valence-corrected chi connectivity index (χ4v) is 3.63. The van der Waals surface area contributed by atoms with Gasteiger partial charge in [0, 0.05) is 24.9 Å². The van der Waals surface area contributed by atoms with Crippen molar-refractivity contribution >= 4 is 23.6 Å². The summed E-state index contributed by atoms with van der Waals surface area (Å²) in [6.45, 7) is 5.22. The van der Waals surface area contributed by atoms with Crippen LogP contribution in [0.15, 0.2) is 54.6 Å². The van der Waals surface area contributed by atoms with Crippen molar-refractivity contribution in [3.05, 3.63) is 65.7 Å². The first-order valence-electron chi connectivity index (χ1n) is 10.9. The van der Waals surface area contributed by atoms with E-state index in [0.29, 0.717) is 13.2 Å². The molecule has 1 fully saturated rings. The van der Waals surface area contributed by atoms with Crippen molar-refractivity contribution in [1.29, 1.82) is 0 Å². The summed E-state index contributed by atoms with van der Waals surface area (Å²) in [6.07, 6.45) is 6.13. The average molecular weight is 422 g/mol. The first-order valence-corrected chi connectivity index (χ1v) is 10.9. The van der Waals surface area contributed by atoms with Crippen molar-refractivity contribution in [2.45, 2.75) is 32.7 Å². The predicted octanol–water partition coefficient (Wildman–Crippen LogP) is 3.82. The van der Waals surface area contributed by atoms with Gasteiger partial charge in [-0.05, 0) is 67.3 Å². The van der Waals surface area contributed by atoms with Crippen molar-refractivity contribution < 1.29 is 14.3 Å². The Bertz CT molecular complexity index is 891. The van der Waals surface area contributed by atoms with Gasteiger partial charge < -0.3 is 15.8 Å². The standard InChI is InChI=1S/C25H31N3O3/c1-2-16-31-23-12-7-19(8-13-23)9-14-24(29)27-22-10-5-20(6-11-22)17-28-15-3-4-21(18-28)25(26)30/h5-14,21H,2-4,15-18H2,1H3,(H2,26,30)(H,27,29)/b14-9+. The number of hydrogen-bond acceptors (Lipinski definition) is 4. The Kier molecular flexibility index (Phi) is 8.24. The van der Waals surface area contributed by atoms with Gasteiger partial charge in [-0.1, -0.05) is 31.2 Å². The summed E-state index contributed by atoms with van der Waals surface area (Å²) < 4.78 is 5.56. The van der Waals surface area contributed by atoms with E-state index in [0.717, 1.165) is 54.9 Å². The van der Waals surface area contributed by atoms with Crippen LogP contribution in [0, 0.1) is 5.92 Å². The number of anilines is 1. The van der Waals surface area contributed by atoms with Gasteiger partial charge in [-0.3, -0.25) is 14.5 Å². The zero-order valence-electron chi connectivity index (χ0n) is 18.0. The maximum absolute atomic E-state index is 12.2. The van der Waals surface area contributed by atoms with Gasteiger partial charge in [0.05, 0.1) is 12.5 Å². The highest BCUT2D eigenvalue weighted by atomic mass is 16.5. The molecule has 1 atom stereocenters. The molecule has 0 spiro atoms. The topological polar surface area (TPSA) is 84.7 Å². The second-order valence-corrected chi connectivity index (χ2v) is 7.91. The van der Waals surface area contributed by atoms with E-state index in [1.807, 2.05) is 48.5 Å². The third kappa shape index (κ3) is 7.26. The molecule has 0 aromatic heterocycles. The highest BCUT2D eigenvalue weighted by Crippen LogP contribution is 2.19. The van der Waals surface area contributed by atoms with Gasteiger partial charge in [-0.25, -0.2) is 0 Å². The highest BCUT2D eigenvalue weighted by Gasteiger charge is 2.23. The summed E-state index contributed by atoms with van der Waals surface area (Å²) in [7, 11) is 0. The van der Waals surface area contributed by atoms with Gasteiger partial charge >= 0.3 is 0 Å². The van der Waals surface area contributed by atoms with Crippen LogP contribution in [0.5, 0.6) is 5.75 Å². The minimum absolute atomic E-state index is 0.0563. The Balaban J connectivity index is 1.48. The average Bonchev–Trinajstić information content (AvgIpc) is 2.78. The lowest BCUT2D eigenvalue weighted by molar-refractivity contribution is -0.123. The van der Waals surface area contributed by atoms with Crippen molar-refractivity contribution in [1.82, 2.24) is 4.90 Å². The molecule has 3 rings (SSSR count). The van der Waals surface area contributed by atoms with Crippen LogP contribution in [-0.2, 0) is 16.1 Å². The molecule has 1 aliphatic rings. The third-order valence-electron chi connectivity index (χ3n) is 5.32. The summed E-state index contributed by atoms with van der Waals surface area (Å²) in [6, 6.07) is 15.5. The second-order valence-electron chi connectivity index (χ2n) is 7.91. The van der Waals surface area contributed by atoms with E-state index in [2.05, 4.69) is 17.1 Å². The number of benzene rings is 2. The van der Waals surface area contributed by atoms with E-state index in [-0.39, 0.29) is 17.7 Å². The fraction of sp³-hybridized carbons (Fsp3) is 0.360. The molecule has 2 aromatic carbocycles. The Labute approximate surface area is 184 Å². The summed E-state index contributed by atoms with van der Waals surface area (Å²) >= 11 is 0. The molecule has 31 heavy (non-hydrogen) atoms. The van der Waals surface area contributed by atoms with E-state index in [1.54, 1.807) is 6.08 Å². The lowest BCUT2D eigenvalue weighted by Crippen LogP contribution is -2.40. The van der Waals surface area contributed by atoms with Crippen LogP contribution >= 0.6 is 0 Å². The van der Waals surface area contributed by atoms with Crippen LogP contribution in [0.25, 0.3) is 6.08 Å². The number of carbonyl (C=O) groups excluding carboxylic acids is 2. The number of rotatable bonds is 9. The molecule has 0 aliphatic carbocycles. The van der Waals surface area contributed by atoms with Gasteiger partial charge in [0.15, 0.2) is 0 Å². The molecule has 0 saturated carbocycles. The molecule has 2 amide bonds.